The molecular formula is C14H13N5O. The van der Waals surface area contributed by atoms with E-state index in [1.807, 2.05) is 36.4 Å². The summed E-state index contributed by atoms with van der Waals surface area (Å²) in [5, 5.41) is 18.1. The molecule has 0 radical (unpaired) electrons. The molecule has 100 valence electrons. The third kappa shape index (κ3) is 2.33. The van der Waals surface area contributed by atoms with Crippen LogP contribution in [0.3, 0.4) is 0 Å². The van der Waals surface area contributed by atoms with Crippen LogP contribution in [0.1, 0.15) is 23.0 Å². The fraction of sp³-hybridized carbons (Fsp3) is 0.214. The molecule has 6 heteroatoms. The normalized spacial score (nSPS) is 11.4. The third-order valence-corrected chi connectivity index (χ3v) is 3.04. The first kappa shape index (κ1) is 13.6. The van der Waals surface area contributed by atoms with Crippen molar-refractivity contribution in [3.05, 3.63) is 47.5 Å². The number of benzene rings is 1. The van der Waals surface area contributed by atoms with Gasteiger partial charge in [-0.25, -0.2) is 4.98 Å². The van der Waals surface area contributed by atoms with Gasteiger partial charge in [-0.3, -0.25) is 0 Å². The van der Waals surface area contributed by atoms with Crippen molar-refractivity contribution >= 4 is 0 Å². The second-order valence-electron chi connectivity index (χ2n) is 4.10. The molecule has 0 saturated heterocycles. The molecule has 1 heterocycles. The monoisotopic (exact) mass is 267 g/mol. The molecule has 1 aromatic carbocycles. The Labute approximate surface area is 116 Å². The van der Waals surface area contributed by atoms with E-state index in [2.05, 4.69) is 4.98 Å². The van der Waals surface area contributed by atoms with Crippen LogP contribution >= 0.6 is 0 Å². The zero-order chi connectivity index (χ0) is 14.5. The molecule has 20 heavy (non-hydrogen) atoms. The number of hydrogen-bond acceptors (Lipinski definition) is 5. The second-order valence-corrected chi connectivity index (χ2v) is 4.10. The van der Waals surface area contributed by atoms with Gasteiger partial charge in [0.1, 0.15) is 17.9 Å². The summed E-state index contributed by atoms with van der Waals surface area (Å²) in [6.07, 6.45) is 1.47. The van der Waals surface area contributed by atoms with E-state index in [4.69, 9.17) is 15.7 Å². The SMILES string of the molecule is COc1cccc(C(CN)n2cnc(C#N)c2C#N)c1. The van der Waals surface area contributed by atoms with E-state index in [1.54, 1.807) is 11.7 Å². The Kier molecular flexibility index (Phi) is 3.99. The Morgan fingerprint density at radius 3 is 2.80 bits per heavy atom. The first-order valence-electron chi connectivity index (χ1n) is 5.96. The Balaban J connectivity index is 2.50. The van der Waals surface area contributed by atoms with E-state index in [1.165, 1.54) is 6.33 Å². The topological polar surface area (TPSA) is 101 Å². The number of methoxy groups -OCH3 is 1. The molecule has 0 amide bonds. The molecule has 0 bridgehead atoms. The molecule has 2 rings (SSSR count). The smallest absolute Gasteiger partial charge is 0.176 e. The highest BCUT2D eigenvalue weighted by atomic mass is 16.5. The Morgan fingerprint density at radius 2 is 2.20 bits per heavy atom. The van der Waals surface area contributed by atoms with Crippen LogP contribution in [-0.2, 0) is 0 Å². The minimum atomic E-state index is -0.269. The number of nitriles is 2. The van der Waals surface area contributed by atoms with Crippen LogP contribution in [0.2, 0.25) is 0 Å². The molecule has 0 fully saturated rings. The Morgan fingerprint density at radius 1 is 1.40 bits per heavy atom. The summed E-state index contributed by atoms with van der Waals surface area (Å²) in [4.78, 5) is 3.93. The van der Waals surface area contributed by atoms with E-state index in [9.17, 15) is 5.26 Å². The highest BCUT2D eigenvalue weighted by molar-refractivity contribution is 5.39. The summed E-state index contributed by atoms with van der Waals surface area (Å²) in [6.45, 7) is 0.281. The maximum atomic E-state index is 9.18. The number of ether oxygens (including phenoxy) is 1. The molecule has 1 aromatic heterocycles. The van der Waals surface area contributed by atoms with E-state index in [-0.39, 0.29) is 24.0 Å². The molecule has 2 aromatic rings. The average Bonchev–Trinajstić information content (AvgIpc) is 2.91. The van der Waals surface area contributed by atoms with Gasteiger partial charge in [0.15, 0.2) is 11.4 Å². The highest BCUT2D eigenvalue weighted by Gasteiger charge is 2.19. The zero-order valence-corrected chi connectivity index (χ0v) is 10.9. The van der Waals surface area contributed by atoms with Gasteiger partial charge in [0.25, 0.3) is 0 Å². The largest absolute Gasteiger partial charge is 0.497 e. The maximum Gasteiger partial charge on any atom is 0.176 e. The van der Waals surface area contributed by atoms with Crippen molar-refractivity contribution < 1.29 is 4.74 Å². The van der Waals surface area contributed by atoms with Crippen LogP contribution in [0, 0.1) is 22.7 Å². The van der Waals surface area contributed by atoms with Crippen molar-refractivity contribution in [3.8, 4) is 17.9 Å². The molecule has 0 aliphatic rings. The fourth-order valence-electron chi connectivity index (χ4n) is 2.05. The van der Waals surface area contributed by atoms with Gasteiger partial charge in [-0.2, -0.15) is 10.5 Å². The Bertz CT molecular complexity index is 692. The minimum Gasteiger partial charge on any atom is -0.497 e. The maximum absolute atomic E-state index is 9.18. The van der Waals surface area contributed by atoms with Crippen molar-refractivity contribution in [1.29, 1.82) is 10.5 Å². The summed E-state index contributed by atoms with van der Waals surface area (Å²) in [5.41, 5.74) is 7.03. The lowest BCUT2D eigenvalue weighted by Gasteiger charge is -2.18. The first-order chi connectivity index (χ1) is 9.74. The lowest BCUT2D eigenvalue weighted by Crippen LogP contribution is -2.21. The van der Waals surface area contributed by atoms with Gasteiger partial charge >= 0.3 is 0 Å². The predicted molar refractivity (Wildman–Crippen MR) is 71.8 cm³/mol. The van der Waals surface area contributed by atoms with Gasteiger partial charge in [0.05, 0.1) is 19.5 Å². The standard InChI is InChI=1S/C14H13N5O/c1-20-11-4-2-3-10(5-11)13(7-16)19-9-18-12(6-15)14(19)8-17/h2-5,9,13H,7,16H2,1H3. The van der Waals surface area contributed by atoms with Crippen LogP contribution in [0.15, 0.2) is 30.6 Å². The molecule has 6 nitrogen and oxygen atoms in total. The molecule has 0 aliphatic heterocycles. The van der Waals surface area contributed by atoms with Crippen molar-refractivity contribution in [2.45, 2.75) is 6.04 Å². The van der Waals surface area contributed by atoms with Crippen LogP contribution < -0.4 is 10.5 Å². The van der Waals surface area contributed by atoms with Gasteiger partial charge in [-0.15, -0.1) is 0 Å². The van der Waals surface area contributed by atoms with Crippen LogP contribution in [-0.4, -0.2) is 23.2 Å². The zero-order valence-electron chi connectivity index (χ0n) is 10.9. The summed E-state index contributed by atoms with van der Waals surface area (Å²) in [5.74, 6) is 0.708. The number of nitrogens with zero attached hydrogens (tertiary/aromatic N) is 4. The fourth-order valence-corrected chi connectivity index (χ4v) is 2.05. The van der Waals surface area contributed by atoms with Gasteiger partial charge in [0.2, 0.25) is 0 Å². The summed E-state index contributed by atoms with van der Waals surface area (Å²) in [7, 11) is 1.59. The quantitative estimate of drug-likeness (QED) is 0.896. The van der Waals surface area contributed by atoms with E-state index in [0.717, 1.165) is 5.56 Å². The van der Waals surface area contributed by atoms with Crippen LogP contribution in [0.5, 0.6) is 5.75 Å². The van der Waals surface area contributed by atoms with Gasteiger partial charge < -0.3 is 15.0 Å². The molecule has 1 unspecified atom stereocenters. The molecule has 0 saturated carbocycles. The second kappa shape index (κ2) is 5.87. The van der Waals surface area contributed by atoms with Crippen molar-refractivity contribution in [2.24, 2.45) is 5.73 Å². The highest BCUT2D eigenvalue weighted by Crippen LogP contribution is 2.24. The summed E-state index contributed by atoms with van der Waals surface area (Å²) in [6, 6.07) is 11.1. The first-order valence-corrected chi connectivity index (χ1v) is 5.96. The van der Waals surface area contributed by atoms with E-state index < -0.39 is 0 Å². The van der Waals surface area contributed by atoms with Gasteiger partial charge in [-0.05, 0) is 17.7 Å². The van der Waals surface area contributed by atoms with E-state index >= 15 is 0 Å². The van der Waals surface area contributed by atoms with Crippen molar-refractivity contribution in [1.82, 2.24) is 9.55 Å². The lowest BCUT2D eigenvalue weighted by atomic mass is 10.1. The molecule has 0 spiro atoms. The number of rotatable bonds is 4. The number of imidazole rings is 1. The lowest BCUT2D eigenvalue weighted by molar-refractivity contribution is 0.413. The molecular weight excluding hydrogens is 254 g/mol. The van der Waals surface area contributed by atoms with Crippen LogP contribution in [0.25, 0.3) is 0 Å². The Hall–Kier alpha value is -2.83. The molecule has 2 N–H and O–H groups in total. The number of nitrogens with two attached hydrogens (primary N) is 1. The minimum absolute atomic E-state index is 0.105. The summed E-state index contributed by atoms with van der Waals surface area (Å²) >= 11 is 0. The van der Waals surface area contributed by atoms with E-state index in [0.29, 0.717) is 5.75 Å². The molecule has 1 atom stereocenters. The predicted octanol–water partition coefficient (Wildman–Crippen LogP) is 1.18. The summed E-state index contributed by atoms with van der Waals surface area (Å²) < 4.78 is 6.80. The van der Waals surface area contributed by atoms with Gasteiger partial charge in [-0.1, -0.05) is 12.1 Å². The molecule has 0 aliphatic carbocycles. The number of hydrogen-bond donors (Lipinski definition) is 1. The average molecular weight is 267 g/mol. The van der Waals surface area contributed by atoms with Crippen LogP contribution in [0.4, 0.5) is 0 Å². The van der Waals surface area contributed by atoms with Crippen molar-refractivity contribution in [2.75, 3.05) is 13.7 Å². The van der Waals surface area contributed by atoms with Crippen molar-refractivity contribution in [3.63, 3.8) is 0 Å². The number of aromatic nitrogens is 2. The third-order valence-electron chi connectivity index (χ3n) is 3.04. The van der Waals surface area contributed by atoms with Gasteiger partial charge in [0, 0.05) is 6.54 Å².